The highest BCUT2D eigenvalue weighted by Gasteiger charge is 2.21. The lowest BCUT2D eigenvalue weighted by atomic mass is 9.96. The Morgan fingerprint density at radius 3 is 2.42 bits per heavy atom. The molecule has 6 heteroatoms. The molecule has 0 aliphatic rings. The number of urea groups is 1. The molecule has 1 heterocycles. The topological polar surface area (TPSA) is 91.6 Å². The van der Waals surface area contributed by atoms with Crippen LogP contribution >= 0.6 is 0 Å². The van der Waals surface area contributed by atoms with Crippen molar-refractivity contribution >= 4 is 12.0 Å². The van der Waals surface area contributed by atoms with Gasteiger partial charge in [0, 0.05) is 5.54 Å². The molecule has 2 amide bonds. The second-order valence-corrected chi connectivity index (χ2v) is 4.65. The fourth-order valence-electron chi connectivity index (χ4n) is 1.50. The van der Waals surface area contributed by atoms with E-state index in [0.717, 1.165) is 12.8 Å². The normalized spacial score (nSPS) is 11.1. The number of hydrogen-bond acceptors (Lipinski definition) is 3. The summed E-state index contributed by atoms with van der Waals surface area (Å²) in [4.78, 5) is 22.3. The Balaban J connectivity index is 2.47. The summed E-state index contributed by atoms with van der Waals surface area (Å²) >= 11 is 0. The number of carboxylic acids is 1. The van der Waals surface area contributed by atoms with Gasteiger partial charge in [0.1, 0.15) is 5.76 Å². The average Bonchev–Trinajstić information content (AvgIpc) is 2.85. The molecule has 1 aromatic rings. The molecule has 0 bridgehead atoms. The fraction of sp³-hybridized carbons (Fsp3) is 0.538. The number of rotatable bonds is 6. The first-order chi connectivity index (χ1) is 8.90. The quantitative estimate of drug-likeness (QED) is 0.738. The van der Waals surface area contributed by atoms with E-state index in [-0.39, 0.29) is 23.9 Å². The minimum Gasteiger partial charge on any atom is -0.475 e. The van der Waals surface area contributed by atoms with Crippen LogP contribution in [0.1, 0.15) is 49.9 Å². The molecule has 3 N–H and O–H groups in total. The van der Waals surface area contributed by atoms with Crippen LogP contribution in [0.5, 0.6) is 0 Å². The molecule has 0 atom stereocenters. The monoisotopic (exact) mass is 268 g/mol. The van der Waals surface area contributed by atoms with Gasteiger partial charge in [0.05, 0.1) is 6.54 Å². The van der Waals surface area contributed by atoms with Gasteiger partial charge in [-0.3, -0.25) is 0 Å². The van der Waals surface area contributed by atoms with Crippen molar-refractivity contribution in [3.63, 3.8) is 0 Å². The fourth-order valence-corrected chi connectivity index (χ4v) is 1.50. The SMILES string of the molecule is CCC(C)(CC)NC(=O)NCc1ccc(C(=O)O)o1. The second kappa shape index (κ2) is 6.26. The Bertz CT molecular complexity index is 449. The molecule has 6 nitrogen and oxygen atoms in total. The Hall–Kier alpha value is -1.98. The summed E-state index contributed by atoms with van der Waals surface area (Å²) in [5.41, 5.74) is -0.237. The highest BCUT2D eigenvalue weighted by atomic mass is 16.4. The first kappa shape index (κ1) is 15.1. The van der Waals surface area contributed by atoms with Gasteiger partial charge in [-0.05, 0) is 31.9 Å². The summed E-state index contributed by atoms with van der Waals surface area (Å²) < 4.78 is 5.04. The van der Waals surface area contributed by atoms with Crippen molar-refractivity contribution in [1.29, 1.82) is 0 Å². The summed E-state index contributed by atoms with van der Waals surface area (Å²) in [5, 5.41) is 14.2. The van der Waals surface area contributed by atoms with Crippen LogP contribution in [-0.2, 0) is 6.54 Å². The molecule has 1 aromatic heterocycles. The van der Waals surface area contributed by atoms with Crippen LogP contribution in [0, 0.1) is 0 Å². The second-order valence-electron chi connectivity index (χ2n) is 4.65. The molecule has 0 spiro atoms. The van der Waals surface area contributed by atoms with Crippen LogP contribution in [0.4, 0.5) is 4.79 Å². The number of carbonyl (C=O) groups excluding carboxylic acids is 1. The Morgan fingerprint density at radius 1 is 1.32 bits per heavy atom. The third kappa shape index (κ3) is 4.31. The zero-order valence-electron chi connectivity index (χ0n) is 11.4. The van der Waals surface area contributed by atoms with Gasteiger partial charge in [-0.25, -0.2) is 9.59 Å². The lowest BCUT2D eigenvalue weighted by Gasteiger charge is -2.28. The number of nitrogens with one attached hydrogen (secondary N) is 2. The average molecular weight is 268 g/mol. The first-order valence-corrected chi connectivity index (χ1v) is 6.28. The molecular formula is C13H20N2O4. The van der Waals surface area contributed by atoms with Gasteiger partial charge in [0.2, 0.25) is 5.76 Å². The number of furan rings is 1. The smallest absolute Gasteiger partial charge is 0.371 e. The number of hydrogen-bond donors (Lipinski definition) is 3. The molecule has 0 aliphatic heterocycles. The highest BCUT2D eigenvalue weighted by molar-refractivity contribution is 5.84. The van der Waals surface area contributed by atoms with E-state index in [1.54, 1.807) is 0 Å². The van der Waals surface area contributed by atoms with Crippen molar-refractivity contribution in [1.82, 2.24) is 10.6 Å². The summed E-state index contributed by atoms with van der Waals surface area (Å²) in [6.07, 6.45) is 1.67. The van der Waals surface area contributed by atoms with E-state index in [1.165, 1.54) is 12.1 Å². The predicted molar refractivity (Wildman–Crippen MR) is 70.0 cm³/mol. The highest BCUT2D eigenvalue weighted by Crippen LogP contribution is 2.13. The zero-order chi connectivity index (χ0) is 14.5. The largest absolute Gasteiger partial charge is 0.475 e. The maximum atomic E-state index is 11.7. The zero-order valence-corrected chi connectivity index (χ0v) is 11.4. The van der Waals surface area contributed by atoms with Gasteiger partial charge in [-0.2, -0.15) is 0 Å². The van der Waals surface area contributed by atoms with E-state index < -0.39 is 5.97 Å². The molecule has 1 rings (SSSR count). The van der Waals surface area contributed by atoms with Crippen LogP contribution in [0.3, 0.4) is 0 Å². The summed E-state index contributed by atoms with van der Waals surface area (Å²) in [7, 11) is 0. The van der Waals surface area contributed by atoms with Crippen molar-refractivity contribution in [3.05, 3.63) is 23.7 Å². The Labute approximate surface area is 112 Å². The molecular weight excluding hydrogens is 248 g/mol. The predicted octanol–water partition coefficient (Wildman–Crippen LogP) is 2.36. The van der Waals surface area contributed by atoms with Gasteiger partial charge in [-0.15, -0.1) is 0 Å². The number of aromatic carboxylic acids is 1. The van der Waals surface area contributed by atoms with Crippen LogP contribution in [0.15, 0.2) is 16.5 Å². The lowest BCUT2D eigenvalue weighted by molar-refractivity contribution is 0.0660. The van der Waals surface area contributed by atoms with Crippen LogP contribution < -0.4 is 10.6 Å². The van der Waals surface area contributed by atoms with Gasteiger partial charge in [-0.1, -0.05) is 13.8 Å². The summed E-state index contributed by atoms with van der Waals surface area (Å²) in [6, 6.07) is 2.60. The molecule has 0 aliphatic carbocycles. The van der Waals surface area contributed by atoms with E-state index in [4.69, 9.17) is 9.52 Å². The number of amides is 2. The van der Waals surface area contributed by atoms with E-state index in [2.05, 4.69) is 10.6 Å². The molecule has 0 unspecified atom stereocenters. The van der Waals surface area contributed by atoms with Crippen molar-refractivity contribution < 1.29 is 19.1 Å². The number of carboxylic acid groups (broad SMARTS) is 1. The number of carbonyl (C=O) groups is 2. The Morgan fingerprint density at radius 2 is 1.95 bits per heavy atom. The van der Waals surface area contributed by atoms with Crippen molar-refractivity contribution in [2.24, 2.45) is 0 Å². The minimum atomic E-state index is -1.12. The van der Waals surface area contributed by atoms with E-state index in [1.807, 2.05) is 20.8 Å². The minimum absolute atomic E-state index is 0.135. The molecule has 0 radical (unpaired) electrons. The van der Waals surface area contributed by atoms with Gasteiger partial charge >= 0.3 is 12.0 Å². The third-order valence-corrected chi connectivity index (χ3v) is 3.27. The molecule has 0 aromatic carbocycles. The van der Waals surface area contributed by atoms with Crippen LogP contribution in [0.2, 0.25) is 0 Å². The Kier molecular flexibility index (Phi) is 4.97. The standard InChI is InChI=1S/C13H20N2O4/c1-4-13(3,5-2)15-12(18)14-8-9-6-7-10(19-9)11(16)17/h6-7H,4-5,8H2,1-3H3,(H,16,17)(H2,14,15,18). The van der Waals surface area contributed by atoms with Crippen LogP contribution in [-0.4, -0.2) is 22.6 Å². The molecule has 106 valence electrons. The van der Waals surface area contributed by atoms with Crippen molar-refractivity contribution in [3.8, 4) is 0 Å². The lowest BCUT2D eigenvalue weighted by Crippen LogP contribution is -2.49. The van der Waals surface area contributed by atoms with Gasteiger partial charge < -0.3 is 20.2 Å². The molecule has 19 heavy (non-hydrogen) atoms. The van der Waals surface area contributed by atoms with Gasteiger partial charge in [0.15, 0.2) is 0 Å². The van der Waals surface area contributed by atoms with Crippen molar-refractivity contribution in [2.75, 3.05) is 0 Å². The summed E-state index contributed by atoms with van der Waals surface area (Å²) in [6.45, 7) is 6.15. The van der Waals surface area contributed by atoms with E-state index in [9.17, 15) is 9.59 Å². The van der Waals surface area contributed by atoms with E-state index >= 15 is 0 Å². The maximum Gasteiger partial charge on any atom is 0.371 e. The van der Waals surface area contributed by atoms with Gasteiger partial charge in [0.25, 0.3) is 0 Å². The van der Waals surface area contributed by atoms with Crippen LogP contribution in [0.25, 0.3) is 0 Å². The van der Waals surface area contributed by atoms with E-state index in [0.29, 0.717) is 5.76 Å². The molecule has 0 fully saturated rings. The molecule has 0 saturated carbocycles. The third-order valence-electron chi connectivity index (χ3n) is 3.27. The summed E-state index contributed by atoms with van der Waals surface area (Å²) in [5.74, 6) is -0.855. The maximum absolute atomic E-state index is 11.7. The van der Waals surface area contributed by atoms with Crippen molar-refractivity contribution in [2.45, 2.75) is 45.7 Å². The first-order valence-electron chi connectivity index (χ1n) is 6.28. The molecule has 0 saturated heterocycles.